The summed E-state index contributed by atoms with van der Waals surface area (Å²) in [7, 11) is 0. The second-order valence-electron chi connectivity index (χ2n) is 7.43. The van der Waals surface area contributed by atoms with Gasteiger partial charge in [0.15, 0.2) is 0 Å². The maximum absolute atomic E-state index is 13.2. The number of aryl methyl sites for hydroxylation is 2. The fraction of sp³-hybridized carbons (Fsp3) is 0.130. The first-order valence-corrected chi connectivity index (χ1v) is 9.54. The second kappa shape index (κ2) is 7.56. The Morgan fingerprint density at radius 1 is 1.06 bits per heavy atom. The van der Waals surface area contributed by atoms with Crippen LogP contribution in [-0.2, 0) is 20.9 Å². The summed E-state index contributed by atoms with van der Waals surface area (Å²) in [5.74, 6) is -2.56. The van der Waals surface area contributed by atoms with Crippen LogP contribution in [0.25, 0.3) is 17.0 Å². The maximum Gasteiger partial charge on any atom is 0.335 e. The summed E-state index contributed by atoms with van der Waals surface area (Å²) in [6, 6.07) is 11.6. The van der Waals surface area contributed by atoms with E-state index in [2.05, 4.69) is 5.32 Å². The molecule has 0 bridgehead atoms. The predicted molar refractivity (Wildman–Crippen MR) is 114 cm³/mol. The number of hydrogen-bond acceptors (Lipinski definition) is 4. The summed E-state index contributed by atoms with van der Waals surface area (Å²) in [5.41, 5.74) is 3.06. The number of para-hydroxylation sites is 1. The van der Waals surface area contributed by atoms with Crippen molar-refractivity contribution in [2.45, 2.75) is 20.4 Å². The Morgan fingerprint density at radius 2 is 1.74 bits per heavy atom. The maximum atomic E-state index is 13.2. The molecule has 4 amide bonds. The molecule has 0 unspecified atom stereocenters. The molecule has 1 fully saturated rings. The van der Waals surface area contributed by atoms with Gasteiger partial charge in [0.05, 0.1) is 5.69 Å². The van der Waals surface area contributed by atoms with E-state index in [1.165, 1.54) is 10.6 Å². The molecule has 3 aromatic rings. The van der Waals surface area contributed by atoms with Crippen LogP contribution in [0.1, 0.15) is 16.7 Å². The zero-order chi connectivity index (χ0) is 22.3. The van der Waals surface area contributed by atoms with E-state index in [0.717, 1.165) is 16.0 Å². The van der Waals surface area contributed by atoms with Crippen LogP contribution in [0.4, 0.5) is 10.5 Å². The summed E-state index contributed by atoms with van der Waals surface area (Å²) in [6.45, 7) is 3.43. The third-order valence-electron chi connectivity index (χ3n) is 4.99. The first kappa shape index (κ1) is 20.1. The second-order valence-corrected chi connectivity index (χ2v) is 7.43. The number of rotatable bonds is 4. The average molecular weight is 417 g/mol. The van der Waals surface area contributed by atoms with E-state index >= 15 is 0 Å². The number of anilines is 1. The van der Waals surface area contributed by atoms with Gasteiger partial charge in [-0.2, -0.15) is 0 Å². The number of hydrogen-bond donors (Lipinski definition) is 2. The zero-order valence-electron chi connectivity index (χ0n) is 16.9. The fourth-order valence-electron chi connectivity index (χ4n) is 3.79. The molecule has 31 heavy (non-hydrogen) atoms. The number of carboxylic acids is 1. The number of aliphatic carboxylic acids is 1. The Kier molecular flexibility index (Phi) is 4.90. The summed E-state index contributed by atoms with van der Waals surface area (Å²) in [5, 5.41) is 12.1. The van der Waals surface area contributed by atoms with Crippen molar-refractivity contribution in [2.24, 2.45) is 0 Å². The molecule has 1 aliphatic rings. The summed E-state index contributed by atoms with van der Waals surface area (Å²) in [4.78, 5) is 50.3. The topological polar surface area (TPSA) is 109 Å². The van der Waals surface area contributed by atoms with Crippen molar-refractivity contribution in [3.63, 3.8) is 0 Å². The number of imide groups is 2. The lowest BCUT2D eigenvalue weighted by atomic mass is 10.0. The number of benzene rings is 2. The van der Waals surface area contributed by atoms with Crippen molar-refractivity contribution < 1.29 is 24.3 Å². The highest BCUT2D eigenvalue weighted by molar-refractivity contribution is 6.39. The van der Waals surface area contributed by atoms with Gasteiger partial charge < -0.3 is 9.67 Å². The minimum Gasteiger partial charge on any atom is -0.480 e. The Hall–Kier alpha value is -4.20. The predicted octanol–water partition coefficient (Wildman–Crippen LogP) is 3.01. The van der Waals surface area contributed by atoms with Gasteiger partial charge in [0, 0.05) is 22.7 Å². The van der Waals surface area contributed by atoms with E-state index < -0.39 is 23.8 Å². The molecule has 156 valence electrons. The van der Waals surface area contributed by atoms with Crippen molar-refractivity contribution in [3.05, 3.63) is 70.9 Å². The first-order chi connectivity index (χ1) is 14.7. The lowest BCUT2D eigenvalue weighted by Gasteiger charge is -2.26. The quantitative estimate of drug-likeness (QED) is 0.501. The molecule has 1 aliphatic heterocycles. The van der Waals surface area contributed by atoms with E-state index in [1.54, 1.807) is 42.6 Å². The van der Waals surface area contributed by atoms with Gasteiger partial charge in [0.1, 0.15) is 12.1 Å². The molecule has 2 aromatic carbocycles. The van der Waals surface area contributed by atoms with Gasteiger partial charge in [-0.3, -0.25) is 19.7 Å². The number of barbiturate groups is 1. The third-order valence-corrected chi connectivity index (χ3v) is 4.99. The van der Waals surface area contributed by atoms with Gasteiger partial charge in [-0.15, -0.1) is 0 Å². The van der Waals surface area contributed by atoms with E-state index in [-0.39, 0.29) is 12.1 Å². The largest absolute Gasteiger partial charge is 0.480 e. The summed E-state index contributed by atoms with van der Waals surface area (Å²) >= 11 is 0. The van der Waals surface area contributed by atoms with Crippen molar-refractivity contribution in [2.75, 3.05) is 4.90 Å². The smallest absolute Gasteiger partial charge is 0.335 e. The molecule has 4 rings (SSSR count). The number of fused-ring (bicyclic) bond motifs is 1. The highest BCUT2D eigenvalue weighted by Crippen LogP contribution is 2.27. The number of nitrogens with zero attached hydrogens (tertiary/aromatic N) is 2. The molecule has 0 aliphatic carbocycles. The lowest BCUT2D eigenvalue weighted by molar-refractivity contribution is -0.137. The molecule has 0 radical (unpaired) electrons. The number of aromatic nitrogens is 1. The number of carboxylic acid groups (broad SMARTS) is 1. The standard InChI is InChI=1S/C23H19N3O5/c1-13-7-14(2)9-16(8-13)26-22(30)18(21(29)24-23(26)31)10-15-11-25(12-20(27)28)19-6-4-3-5-17(15)19/h3-11H,12H2,1-2H3,(H,27,28)(H,24,29,31)/b18-10+. The minimum atomic E-state index is -1.02. The van der Waals surface area contributed by atoms with E-state index in [1.807, 2.05) is 19.9 Å². The Labute approximate surface area is 177 Å². The van der Waals surface area contributed by atoms with Gasteiger partial charge in [-0.25, -0.2) is 9.69 Å². The van der Waals surface area contributed by atoms with Gasteiger partial charge in [0.2, 0.25) is 0 Å². The van der Waals surface area contributed by atoms with E-state index in [0.29, 0.717) is 22.2 Å². The van der Waals surface area contributed by atoms with Crippen LogP contribution in [0.15, 0.2) is 54.2 Å². The number of urea groups is 1. The van der Waals surface area contributed by atoms with Gasteiger partial charge in [0.25, 0.3) is 11.8 Å². The van der Waals surface area contributed by atoms with Crippen LogP contribution in [0.2, 0.25) is 0 Å². The van der Waals surface area contributed by atoms with Crippen molar-refractivity contribution in [1.29, 1.82) is 0 Å². The Balaban J connectivity index is 1.82. The number of amides is 4. The molecular weight excluding hydrogens is 398 g/mol. The van der Waals surface area contributed by atoms with Crippen LogP contribution in [0.5, 0.6) is 0 Å². The molecular formula is C23H19N3O5. The molecule has 8 heteroatoms. The lowest BCUT2D eigenvalue weighted by Crippen LogP contribution is -2.54. The van der Waals surface area contributed by atoms with Crippen LogP contribution in [-0.4, -0.2) is 33.5 Å². The van der Waals surface area contributed by atoms with Gasteiger partial charge >= 0.3 is 12.0 Å². The molecule has 2 N–H and O–H groups in total. The van der Waals surface area contributed by atoms with Gasteiger partial charge in [-0.1, -0.05) is 24.3 Å². The number of nitrogens with one attached hydrogen (secondary N) is 1. The first-order valence-electron chi connectivity index (χ1n) is 9.54. The number of carbonyl (C=O) groups excluding carboxylic acids is 3. The molecule has 2 heterocycles. The molecule has 1 aromatic heterocycles. The van der Waals surface area contributed by atoms with Crippen molar-refractivity contribution in [1.82, 2.24) is 9.88 Å². The van der Waals surface area contributed by atoms with Crippen LogP contribution < -0.4 is 10.2 Å². The normalized spacial score (nSPS) is 15.6. The zero-order valence-corrected chi connectivity index (χ0v) is 16.9. The van der Waals surface area contributed by atoms with Crippen LogP contribution in [0, 0.1) is 13.8 Å². The average Bonchev–Trinajstić information content (AvgIpc) is 3.01. The molecule has 0 spiro atoms. The van der Waals surface area contributed by atoms with Crippen molar-refractivity contribution in [3.8, 4) is 0 Å². The fourth-order valence-corrected chi connectivity index (χ4v) is 3.79. The monoisotopic (exact) mass is 417 g/mol. The van der Waals surface area contributed by atoms with Gasteiger partial charge in [-0.05, 0) is 49.2 Å². The van der Waals surface area contributed by atoms with Crippen molar-refractivity contribution >= 4 is 46.5 Å². The van der Waals surface area contributed by atoms with E-state index in [9.17, 15) is 24.3 Å². The van der Waals surface area contributed by atoms with Crippen LogP contribution >= 0.6 is 0 Å². The summed E-state index contributed by atoms with van der Waals surface area (Å²) in [6.07, 6.45) is 2.96. The number of carbonyl (C=O) groups is 4. The van der Waals surface area contributed by atoms with E-state index in [4.69, 9.17) is 0 Å². The minimum absolute atomic E-state index is 0.211. The summed E-state index contributed by atoms with van der Waals surface area (Å²) < 4.78 is 1.53. The molecule has 1 saturated heterocycles. The molecule has 0 atom stereocenters. The highest BCUT2D eigenvalue weighted by atomic mass is 16.4. The molecule has 8 nitrogen and oxygen atoms in total. The Bertz CT molecular complexity index is 1280. The van der Waals surface area contributed by atoms with Crippen LogP contribution in [0.3, 0.4) is 0 Å². The third kappa shape index (κ3) is 3.71. The highest BCUT2D eigenvalue weighted by Gasteiger charge is 2.37. The Morgan fingerprint density at radius 3 is 2.42 bits per heavy atom. The molecule has 0 saturated carbocycles. The SMILES string of the molecule is Cc1cc(C)cc(N2C(=O)NC(=O)/C(=C\c3cn(CC(=O)O)c4ccccc34)C2=O)c1.